The molecule has 3 nitrogen and oxygen atoms in total. The zero-order valence-corrected chi connectivity index (χ0v) is 11.6. The number of hydrogen-bond donors (Lipinski definition) is 1. The van der Waals surface area contributed by atoms with Gasteiger partial charge in [0.15, 0.2) is 0 Å². The van der Waals surface area contributed by atoms with Gasteiger partial charge in [-0.3, -0.25) is 9.69 Å². The number of likely N-dealkylation sites (tertiary alicyclic amines) is 1. The van der Waals surface area contributed by atoms with Gasteiger partial charge in [-0.05, 0) is 38.3 Å². The van der Waals surface area contributed by atoms with Crippen LogP contribution in [-0.2, 0) is 4.79 Å². The van der Waals surface area contributed by atoms with Crippen molar-refractivity contribution in [1.29, 1.82) is 0 Å². The first kappa shape index (κ1) is 14.2. The van der Waals surface area contributed by atoms with Gasteiger partial charge in [0.25, 0.3) is 0 Å². The molecule has 2 rings (SSSR count). The third kappa shape index (κ3) is 4.15. The number of benzene rings is 1. The first-order chi connectivity index (χ1) is 9.16. The Morgan fingerprint density at radius 1 is 1.42 bits per heavy atom. The normalized spacial score (nSPS) is 21.5. The highest BCUT2D eigenvalue weighted by Crippen LogP contribution is 2.27. The van der Waals surface area contributed by atoms with Gasteiger partial charge in [0.05, 0.1) is 6.10 Å². The minimum absolute atomic E-state index is 0.245. The van der Waals surface area contributed by atoms with E-state index < -0.39 is 6.10 Å². The number of Topliss-reactive ketones (excluding diaryl/α,β-unsaturated/α-hetero) is 1. The largest absolute Gasteiger partial charge is 0.388 e. The summed E-state index contributed by atoms with van der Waals surface area (Å²) in [4.78, 5) is 13.4. The third-order valence-electron chi connectivity index (χ3n) is 3.93. The molecule has 2 unspecified atom stereocenters. The molecule has 1 fully saturated rings. The molecule has 1 aromatic rings. The number of rotatable bonds is 6. The van der Waals surface area contributed by atoms with Crippen molar-refractivity contribution in [3.8, 4) is 0 Å². The highest BCUT2D eigenvalue weighted by molar-refractivity contribution is 5.75. The highest BCUT2D eigenvalue weighted by atomic mass is 16.3. The molecule has 19 heavy (non-hydrogen) atoms. The van der Waals surface area contributed by atoms with Crippen LogP contribution in [0.5, 0.6) is 0 Å². The molecule has 1 aromatic carbocycles. The Morgan fingerprint density at radius 3 is 2.84 bits per heavy atom. The number of ketones is 1. The maximum Gasteiger partial charge on any atom is 0.131 e. The van der Waals surface area contributed by atoms with Crippen molar-refractivity contribution in [2.45, 2.75) is 44.8 Å². The molecule has 1 N–H and O–H groups in total. The standard InChI is InChI=1S/C16H23NO2/c1-13(18)9-11-17-10-5-8-15(17)12-16(19)14-6-3-2-4-7-14/h2-4,6-7,15-16,19H,5,8-12H2,1H3. The van der Waals surface area contributed by atoms with Crippen molar-refractivity contribution in [1.82, 2.24) is 4.90 Å². The summed E-state index contributed by atoms with van der Waals surface area (Å²) in [6.45, 7) is 3.53. The Kier molecular flexibility index (Phi) is 5.11. The van der Waals surface area contributed by atoms with Crippen molar-refractivity contribution in [2.75, 3.05) is 13.1 Å². The molecule has 0 spiro atoms. The van der Waals surface area contributed by atoms with Crippen molar-refractivity contribution in [3.63, 3.8) is 0 Å². The molecule has 0 aromatic heterocycles. The number of carbonyl (C=O) groups is 1. The van der Waals surface area contributed by atoms with E-state index in [4.69, 9.17) is 0 Å². The zero-order valence-electron chi connectivity index (χ0n) is 11.6. The maximum atomic E-state index is 11.1. The van der Waals surface area contributed by atoms with Gasteiger partial charge in [0, 0.05) is 19.0 Å². The van der Waals surface area contributed by atoms with E-state index in [0.29, 0.717) is 12.5 Å². The fourth-order valence-electron chi connectivity index (χ4n) is 2.83. The van der Waals surface area contributed by atoms with Gasteiger partial charge < -0.3 is 5.11 Å². The first-order valence-corrected chi connectivity index (χ1v) is 7.13. The lowest BCUT2D eigenvalue weighted by molar-refractivity contribution is -0.117. The smallest absolute Gasteiger partial charge is 0.131 e. The molecule has 3 heteroatoms. The first-order valence-electron chi connectivity index (χ1n) is 7.13. The second-order valence-electron chi connectivity index (χ2n) is 5.45. The number of hydrogen-bond acceptors (Lipinski definition) is 3. The van der Waals surface area contributed by atoms with Crippen molar-refractivity contribution < 1.29 is 9.90 Å². The summed E-state index contributed by atoms with van der Waals surface area (Å²) in [7, 11) is 0. The zero-order chi connectivity index (χ0) is 13.7. The summed E-state index contributed by atoms with van der Waals surface area (Å²) >= 11 is 0. The van der Waals surface area contributed by atoms with Gasteiger partial charge >= 0.3 is 0 Å². The Labute approximate surface area is 115 Å². The molecule has 0 radical (unpaired) electrons. The maximum absolute atomic E-state index is 11.1. The molecule has 1 aliphatic rings. The lowest BCUT2D eigenvalue weighted by atomic mass is 10.0. The van der Waals surface area contributed by atoms with Gasteiger partial charge in [-0.2, -0.15) is 0 Å². The van der Waals surface area contributed by atoms with Crippen molar-refractivity contribution >= 4 is 5.78 Å². The van der Waals surface area contributed by atoms with E-state index in [2.05, 4.69) is 4.90 Å². The minimum Gasteiger partial charge on any atom is -0.388 e. The van der Waals surface area contributed by atoms with Crippen LogP contribution in [0.4, 0.5) is 0 Å². The van der Waals surface area contributed by atoms with Crippen LogP contribution in [-0.4, -0.2) is 34.9 Å². The van der Waals surface area contributed by atoms with E-state index in [-0.39, 0.29) is 5.78 Å². The predicted molar refractivity (Wildman–Crippen MR) is 75.9 cm³/mol. The van der Waals surface area contributed by atoms with Gasteiger partial charge in [0.2, 0.25) is 0 Å². The molecule has 2 atom stereocenters. The van der Waals surface area contributed by atoms with E-state index in [1.165, 1.54) is 6.42 Å². The van der Waals surface area contributed by atoms with Gasteiger partial charge in [-0.15, -0.1) is 0 Å². The molecule has 104 valence electrons. The molecule has 0 bridgehead atoms. The Morgan fingerprint density at radius 2 is 2.16 bits per heavy atom. The predicted octanol–water partition coefficient (Wildman–Crippen LogP) is 2.55. The lowest BCUT2D eigenvalue weighted by Gasteiger charge is -2.26. The lowest BCUT2D eigenvalue weighted by Crippen LogP contribution is -2.32. The molecule has 0 amide bonds. The van der Waals surface area contributed by atoms with Crippen LogP contribution in [0.3, 0.4) is 0 Å². The number of aliphatic hydroxyl groups excluding tert-OH is 1. The highest BCUT2D eigenvalue weighted by Gasteiger charge is 2.26. The van der Waals surface area contributed by atoms with E-state index in [9.17, 15) is 9.90 Å². The van der Waals surface area contributed by atoms with Crippen LogP contribution in [0.25, 0.3) is 0 Å². The summed E-state index contributed by atoms with van der Waals surface area (Å²) in [5.74, 6) is 0.245. The SMILES string of the molecule is CC(=O)CCN1CCCC1CC(O)c1ccccc1. The van der Waals surface area contributed by atoms with E-state index >= 15 is 0 Å². The van der Waals surface area contributed by atoms with Crippen LogP contribution in [0.2, 0.25) is 0 Å². The molecule has 0 aliphatic carbocycles. The quantitative estimate of drug-likeness (QED) is 0.855. The van der Waals surface area contributed by atoms with Gasteiger partial charge in [-0.1, -0.05) is 30.3 Å². The fraction of sp³-hybridized carbons (Fsp3) is 0.562. The minimum atomic E-state index is -0.399. The van der Waals surface area contributed by atoms with Crippen LogP contribution in [0, 0.1) is 0 Å². The van der Waals surface area contributed by atoms with Crippen molar-refractivity contribution in [2.24, 2.45) is 0 Å². The molecular formula is C16H23NO2. The van der Waals surface area contributed by atoms with Crippen LogP contribution in [0.15, 0.2) is 30.3 Å². The molecule has 1 heterocycles. The summed E-state index contributed by atoms with van der Waals surface area (Å²) in [5.41, 5.74) is 0.987. The second kappa shape index (κ2) is 6.83. The monoisotopic (exact) mass is 261 g/mol. The van der Waals surface area contributed by atoms with E-state index in [0.717, 1.165) is 31.5 Å². The molecular weight excluding hydrogens is 238 g/mol. The van der Waals surface area contributed by atoms with Gasteiger partial charge in [-0.25, -0.2) is 0 Å². The Bertz CT molecular complexity index is 404. The second-order valence-corrected chi connectivity index (χ2v) is 5.45. The average Bonchev–Trinajstić information content (AvgIpc) is 2.84. The van der Waals surface area contributed by atoms with Crippen LogP contribution >= 0.6 is 0 Å². The topological polar surface area (TPSA) is 40.5 Å². The molecule has 0 saturated carbocycles. The summed E-state index contributed by atoms with van der Waals surface area (Å²) in [5, 5.41) is 10.3. The number of carbonyl (C=O) groups excluding carboxylic acids is 1. The van der Waals surface area contributed by atoms with Gasteiger partial charge in [0.1, 0.15) is 5.78 Å². The Hall–Kier alpha value is -1.19. The Balaban J connectivity index is 1.88. The third-order valence-corrected chi connectivity index (χ3v) is 3.93. The number of nitrogens with zero attached hydrogens (tertiary/aromatic N) is 1. The number of aliphatic hydroxyl groups is 1. The van der Waals surface area contributed by atoms with E-state index in [1.54, 1.807) is 6.92 Å². The molecule has 1 aliphatic heterocycles. The van der Waals surface area contributed by atoms with Crippen LogP contribution in [0.1, 0.15) is 44.3 Å². The summed E-state index contributed by atoms with van der Waals surface area (Å²) in [6.07, 6.45) is 3.29. The summed E-state index contributed by atoms with van der Waals surface area (Å²) < 4.78 is 0. The van der Waals surface area contributed by atoms with Crippen LogP contribution < -0.4 is 0 Å². The summed E-state index contributed by atoms with van der Waals surface area (Å²) in [6, 6.07) is 10.2. The van der Waals surface area contributed by atoms with E-state index in [1.807, 2.05) is 30.3 Å². The fourth-order valence-corrected chi connectivity index (χ4v) is 2.83. The molecule has 1 saturated heterocycles. The average molecular weight is 261 g/mol. The van der Waals surface area contributed by atoms with Crippen molar-refractivity contribution in [3.05, 3.63) is 35.9 Å².